The van der Waals surface area contributed by atoms with Crippen molar-refractivity contribution in [2.45, 2.75) is 0 Å². The number of hydrogen-bond acceptors (Lipinski definition) is 4. The Morgan fingerprint density at radius 1 is 1.38 bits per heavy atom. The highest BCUT2D eigenvalue weighted by Gasteiger charge is 2.14. The summed E-state index contributed by atoms with van der Waals surface area (Å²) in [5, 5.41) is 0. The number of nitrogens with two attached hydrogens (primary N) is 1. The molecule has 0 heterocycles. The lowest BCUT2D eigenvalue weighted by Gasteiger charge is -2.19. The smallest absolute Gasteiger partial charge is 0.335 e. The van der Waals surface area contributed by atoms with Crippen molar-refractivity contribution in [2.75, 3.05) is 26.2 Å². The molecule has 0 spiro atoms. The van der Waals surface area contributed by atoms with Crippen LogP contribution in [0.1, 0.15) is 0 Å². The fourth-order valence-corrected chi connectivity index (χ4v) is 1.27. The molecular weight excluding hydrogens is 210 g/mol. The molecule has 0 saturated carbocycles. The largest absolute Gasteiger partial charge is 0.497 e. The first kappa shape index (κ1) is 12.1. The summed E-state index contributed by atoms with van der Waals surface area (Å²) in [6, 6.07) is 4.71. The first-order valence-corrected chi connectivity index (χ1v) is 4.60. The Hall–Kier alpha value is -1.95. The molecule has 0 saturated heterocycles. The van der Waals surface area contributed by atoms with Crippen LogP contribution in [0.4, 0.5) is 10.5 Å². The van der Waals surface area contributed by atoms with Gasteiger partial charge in [-0.1, -0.05) is 0 Å². The van der Waals surface area contributed by atoms with Gasteiger partial charge in [0.1, 0.15) is 11.5 Å². The quantitative estimate of drug-likeness (QED) is 0.451. The average Bonchev–Trinajstić information content (AvgIpc) is 2.35. The van der Waals surface area contributed by atoms with Crippen molar-refractivity contribution in [2.24, 2.45) is 5.84 Å². The molecule has 0 bridgehead atoms. The van der Waals surface area contributed by atoms with E-state index in [2.05, 4.69) is 0 Å². The van der Waals surface area contributed by atoms with E-state index in [0.29, 0.717) is 17.2 Å². The first-order valence-electron chi connectivity index (χ1n) is 4.60. The predicted molar refractivity (Wildman–Crippen MR) is 60.7 cm³/mol. The molecule has 1 rings (SSSR count). The maximum absolute atomic E-state index is 11.4. The zero-order chi connectivity index (χ0) is 12.1. The van der Waals surface area contributed by atoms with Gasteiger partial charge < -0.3 is 9.47 Å². The lowest BCUT2D eigenvalue weighted by atomic mass is 10.2. The summed E-state index contributed by atoms with van der Waals surface area (Å²) in [6.07, 6.45) is 0. The Kier molecular flexibility index (Phi) is 3.96. The van der Waals surface area contributed by atoms with E-state index in [1.807, 2.05) is 5.43 Å². The zero-order valence-corrected chi connectivity index (χ0v) is 9.48. The molecule has 0 fully saturated rings. The highest BCUT2D eigenvalue weighted by molar-refractivity contribution is 5.92. The summed E-state index contributed by atoms with van der Waals surface area (Å²) in [6.45, 7) is 0. The van der Waals surface area contributed by atoms with Gasteiger partial charge in [0.05, 0.1) is 19.9 Å². The maximum atomic E-state index is 11.4. The molecule has 6 nitrogen and oxygen atoms in total. The third-order valence-electron chi connectivity index (χ3n) is 2.18. The van der Waals surface area contributed by atoms with E-state index in [-0.39, 0.29) is 0 Å². The highest BCUT2D eigenvalue weighted by Crippen LogP contribution is 2.31. The number of urea groups is 1. The number of nitrogens with one attached hydrogen (secondary N) is 1. The van der Waals surface area contributed by atoms with Gasteiger partial charge in [0.25, 0.3) is 0 Å². The van der Waals surface area contributed by atoms with Crippen LogP contribution in [-0.2, 0) is 0 Å². The predicted octanol–water partition coefficient (Wildman–Crippen LogP) is 0.723. The minimum absolute atomic E-state index is 0.438. The van der Waals surface area contributed by atoms with E-state index in [1.165, 1.54) is 12.0 Å². The SMILES string of the molecule is COc1ccc(OC)c(N(C)C(=O)NN)c1. The average molecular weight is 225 g/mol. The zero-order valence-electron chi connectivity index (χ0n) is 9.48. The lowest BCUT2D eigenvalue weighted by Crippen LogP contribution is -2.41. The third-order valence-corrected chi connectivity index (χ3v) is 2.18. The lowest BCUT2D eigenvalue weighted by molar-refractivity contribution is 0.247. The number of nitrogens with zero attached hydrogens (tertiary/aromatic N) is 1. The maximum Gasteiger partial charge on any atom is 0.335 e. The van der Waals surface area contributed by atoms with Crippen LogP contribution in [0.2, 0.25) is 0 Å². The number of carbonyl (C=O) groups is 1. The van der Waals surface area contributed by atoms with Gasteiger partial charge in [-0.2, -0.15) is 0 Å². The van der Waals surface area contributed by atoms with Crippen LogP contribution >= 0.6 is 0 Å². The van der Waals surface area contributed by atoms with Crippen LogP contribution in [0.3, 0.4) is 0 Å². The molecule has 0 aliphatic carbocycles. The van der Waals surface area contributed by atoms with Crippen LogP contribution < -0.4 is 25.6 Å². The van der Waals surface area contributed by atoms with Crippen molar-refractivity contribution < 1.29 is 14.3 Å². The van der Waals surface area contributed by atoms with Crippen molar-refractivity contribution in [3.63, 3.8) is 0 Å². The third kappa shape index (κ3) is 2.34. The number of hydrogen-bond donors (Lipinski definition) is 2. The Morgan fingerprint density at radius 3 is 2.56 bits per heavy atom. The second-order valence-electron chi connectivity index (χ2n) is 3.05. The van der Waals surface area contributed by atoms with Crippen LogP contribution in [0.25, 0.3) is 0 Å². The van der Waals surface area contributed by atoms with Crippen LogP contribution in [-0.4, -0.2) is 27.3 Å². The number of anilines is 1. The molecular formula is C10H15N3O3. The second-order valence-corrected chi connectivity index (χ2v) is 3.05. The molecule has 16 heavy (non-hydrogen) atoms. The molecule has 6 heteroatoms. The minimum atomic E-state index is -0.438. The van der Waals surface area contributed by atoms with E-state index in [1.54, 1.807) is 32.4 Å². The summed E-state index contributed by atoms with van der Waals surface area (Å²) in [5.41, 5.74) is 2.62. The van der Waals surface area contributed by atoms with Gasteiger partial charge in [0.15, 0.2) is 0 Å². The van der Waals surface area contributed by atoms with Crippen molar-refractivity contribution in [3.8, 4) is 11.5 Å². The Balaban J connectivity index is 3.12. The Labute approximate surface area is 93.9 Å². The van der Waals surface area contributed by atoms with Gasteiger partial charge in [0, 0.05) is 13.1 Å². The van der Waals surface area contributed by atoms with E-state index in [4.69, 9.17) is 15.3 Å². The standard InChI is InChI=1S/C10H15N3O3/c1-13(10(14)12-11)8-6-7(15-2)4-5-9(8)16-3/h4-6H,11H2,1-3H3,(H,12,14). The minimum Gasteiger partial charge on any atom is -0.497 e. The van der Waals surface area contributed by atoms with Gasteiger partial charge in [-0.25, -0.2) is 10.6 Å². The van der Waals surface area contributed by atoms with E-state index >= 15 is 0 Å². The van der Waals surface area contributed by atoms with Crippen molar-refractivity contribution in [1.82, 2.24) is 5.43 Å². The molecule has 0 aromatic heterocycles. The molecule has 0 unspecified atom stereocenters. The van der Waals surface area contributed by atoms with Crippen molar-refractivity contribution in [3.05, 3.63) is 18.2 Å². The van der Waals surface area contributed by atoms with Gasteiger partial charge in [0.2, 0.25) is 0 Å². The summed E-state index contributed by atoms with van der Waals surface area (Å²) in [7, 11) is 4.66. The number of rotatable bonds is 3. The van der Waals surface area contributed by atoms with Gasteiger partial charge in [-0.15, -0.1) is 0 Å². The molecule has 0 radical (unpaired) electrons. The molecule has 88 valence electrons. The van der Waals surface area contributed by atoms with Crippen LogP contribution in [0.15, 0.2) is 18.2 Å². The van der Waals surface area contributed by atoms with E-state index < -0.39 is 6.03 Å². The number of benzene rings is 1. The molecule has 0 aliphatic heterocycles. The first-order chi connectivity index (χ1) is 7.63. The number of amides is 2. The van der Waals surface area contributed by atoms with Crippen LogP contribution in [0, 0.1) is 0 Å². The summed E-state index contributed by atoms with van der Waals surface area (Å²) in [4.78, 5) is 12.7. The number of ether oxygens (including phenoxy) is 2. The fraction of sp³-hybridized carbons (Fsp3) is 0.300. The van der Waals surface area contributed by atoms with Crippen molar-refractivity contribution in [1.29, 1.82) is 0 Å². The molecule has 1 aromatic rings. The normalized spacial score (nSPS) is 9.50. The summed E-state index contributed by atoms with van der Waals surface area (Å²) in [5.74, 6) is 6.25. The highest BCUT2D eigenvalue weighted by atomic mass is 16.5. The van der Waals surface area contributed by atoms with Crippen LogP contribution in [0.5, 0.6) is 11.5 Å². The number of carbonyl (C=O) groups excluding carboxylic acids is 1. The van der Waals surface area contributed by atoms with Crippen molar-refractivity contribution >= 4 is 11.7 Å². The molecule has 3 N–H and O–H groups in total. The fourth-order valence-electron chi connectivity index (χ4n) is 1.27. The van der Waals surface area contributed by atoms with Gasteiger partial charge in [-0.3, -0.25) is 10.3 Å². The molecule has 2 amide bonds. The van der Waals surface area contributed by atoms with E-state index in [9.17, 15) is 4.79 Å². The monoisotopic (exact) mass is 225 g/mol. The molecule has 0 aliphatic rings. The van der Waals surface area contributed by atoms with E-state index in [0.717, 1.165) is 0 Å². The number of hydrazine groups is 1. The van der Waals surface area contributed by atoms with Gasteiger partial charge in [-0.05, 0) is 12.1 Å². The van der Waals surface area contributed by atoms with Gasteiger partial charge >= 0.3 is 6.03 Å². The topological polar surface area (TPSA) is 76.8 Å². The second kappa shape index (κ2) is 5.22. The molecule has 0 atom stereocenters. The summed E-state index contributed by atoms with van der Waals surface area (Å²) < 4.78 is 10.2. The Morgan fingerprint density at radius 2 is 2.06 bits per heavy atom. The molecule has 1 aromatic carbocycles. The number of methoxy groups -OCH3 is 2. The Bertz CT molecular complexity index is 382. The summed E-state index contributed by atoms with van der Waals surface area (Å²) >= 11 is 0.